The molecular formula is C14H17N3. The van der Waals surface area contributed by atoms with Crippen LogP contribution < -0.4 is 5.32 Å². The van der Waals surface area contributed by atoms with Crippen molar-refractivity contribution in [1.82, 2.24) is 15.1 Å². The third-order valence-corrected chi connectivity index (χ3v) is 3.39. The third-order valence-electron chi connectivity index (χ3n) is 3.39. The van der Waals surface area contributed by atoms with Gasteiger partial charge < -0.3 is 5.32 Å². The normalized spacial score (nSPS) is 14.7. The van der Waals surface area contributed by atoms with E-state index in [2.05, 4.69) is 41.6 Å². The second-order valence-electron chi connectivity index (χ2n) is 4.69. The summed E-state index contributed by atoms with van der Waals surface area (Å²) in [6.07, 6.45) is 1.04. The Bertz CT molecular complexity index is 537. The first kappa shape index (κ1) is 10.5. The van der Waals surface area contributed by atoms with Crippen LogP contribution in [0, 0.1) is 6.92 Å². The van der Waals surface area contributed by atoms with E-state index in [1.54, 1.807) is 0 Å². The molecule has 1 aliphatic heterocycles. The molecule has 0 amide bonds. The highest BCUT2D eigenvalue weighted by Crippen LogP contribution is 2.27. The molecule has 17 heavy (non-hydrogen) atoms. The molecule has 0 atom stereocenters. The molecule has 0 bridgehead atoms. The van der Waals surface area contributed by atoms with Gasteiger partial charge in [-0.25, -0.2) is 0 Å². The molecule has 88 valence electrons. The van der Waals surface area contributed by atoms with E-state index < -0.39 is 0 Å². The van der Waals surface area contributed by atoms with Gasteiger partial charge in [0.15, 0.2) is 0 Å². The maximum Gasteiger partial charge on any atom is 0.0726 e. The number of fused-ring (bicyclic) bond motifs is 1. The smallest absolute Gasteiger partial charge is 0.0726 e. The fourth-order valence-electron chi connectivity index (χ4n) is 2.50. The van der Waals surface area contributed by atoms with Gasteiger partial charge >= 0.3 is 0 Å². The quantitative estimate of drug-likeness (QED) is 0.808. The molecule has 3 heteroatoms. The molecule has 0 unspecified atom stereocenters. The SMILES string of the molecule is Cc1ccc(-c2c3c(nn2C)CCNC3)cc1. The van der Waals surface area contributed by atoms with Gasteiger partial charge in [-0.1, -0.05) is 29.8 Å². The average Bonchev–Trinajstić information content (AvgIpc) is 2.66. The van der Waals surface area contributed by atoms with Crippen LogP contribution in [-0.4, -0.2) is 16.3 Å². The van der Waals surface area contributed by atoms with Crippen LogP contribution in [-0.2, 0) is 20.0 Å². The zero-order chi connectivity index (χ0) is 11.8. The molecule has 0 aliphatic carbocycles. The number of aromatic nitrogens is 2. The van der Waals surface area contributed by atoms with Gasteiger partial charge in [0.25, 0.3) is 0 Å². The molecule has 1 N–H and O–H groups in total. The Kier molecular flexibility index (Phi) is 2.48. The Hall–Kier alpha value is -1.61. The van der Waals surface area contributed by atoms with Gasteiger partial charge in [-0.3, -0.25) is 4.68 Å². The van der Waals surface area contributed by atoms with Crippen molar-refractivity contribution in [1.29, 1.82) is 0 Å². The van der Waals surface area contributed by atoms with E-state index in [9.17, 15) is 0 Å². The summed E-state index contributed by atoms with van der Waals surface area (Å²) in [5, 5.41) is 8.05. The van der Waals surface area contributed by atoms with E-state index in [0.29, 0.717) is 0 Å². The Labute approximate surface area is 101 Å². The number of hydrogen-bond donors (Lipinski definition) is 1. The highest BCUT2D eigenvalue weighted by molar-refractivity contribution is 5.65. The van der Waals surface area contributed by atoms with E-state index in [1.807, 2.05) is 11.7 Å². The molecule has 3 rings (SSSR count). The van der Waals surface area contributed by atoms with E-state index in [-0.39, 0.29) is 0 Å². The second-order valence-corrected chi connectivity index (χ2v) is 4.69. The molecular weight excluding hydrogens is 210 g/mol. The first-order chi connectivity index (χ1) is 8.25. The van der Waals surface area contributed by atoms with Crippen LogP contribution in [0.4, 0.5) is 0 Å². The Balaban J connectivity index is 2.13. The number of benzene rings is 1. The predicted octanol–water partition coefficient (Wildman–Crippen LogP) is 2.04. The van der Waals surface area contributed by atoms with Crippen molar-refractivity contribution in [3.63, 3.8) is 0 Å². The van der Waals surface area contributed by atoms with Crippen LogP contribution in [0.1, 0.15) is 16.8 Å². The maximum atomic E-state index is 4.63. The standard InChI is InChI=1S/C14H17N3/c1-10-3-5-11(6-4-10)14-12-9-15-8-7-13(12)16-17(14)2/h3-6,15H,7-9H2,1-2H3. The van der Waals surface area contributed by atoms with Gasteiger partial charge in [0.05, 0.1) is 11.4 Å². The molecule has 2 heterocycles. The largest absolute Gasteiger partial charge is 0.312 e. The number of hydrogen-bond acceptors (Lipinski definition) is 2. The zero-order valence-corrected chi connectivity index (χ0v) is 10.3. The Morgan fingerprint density at radius 2 is 2.00 bits per heavy atom. The molecule has 2 aromatic rings. The number of aryl methyl sites for hydroxylation is 2. The zero-order valence-electron chi connectivity index (χ0n) is 10.3. The number of rotatable bonds is 1. The summed E-state index contributed by atoms with van der Waals surface area (Å²) in [6, 6.07) is 8.68. The van der Waals surface area contributed by atoms with Crippen LogP contribution in [0.5, 0.6) is 0 Å². The van der Waals surface area contributed by atoms with Crippen molar-refractivity contribution in [2.75, 3.05) is 6.54 Å². The highest BCUT2D eigenvalue weighted by atomic mass is 15.3. The van der Waals surface area contributed by atoms with Crippen molar-refractivity contribution < 1.29 is 0 Å². The summed E-state index contributed by atoms with van der Waals surface area (Å²) in [7, 11) is 2.04. The monoisotopic (exact) mass is 227 g/mol. The minimum absolute atomic E-state index is 0.937. The lowest BCUT2D eigenvalue weighted by Crippen LogP contribution is -2.23. The topological polar surface area (TPSA) is 29.9 Å². The fraction of sp³-hybridized carbons (Fsp3) is 0.357. The van der Waals surface area contributed by atoms with Crippen molar-refractivity contribution in [3.05, 3.63) is 41.1 Å². The van der Waals surface area contributed by atoms with Crippen molar-refractivity contribution in [2.45, 2.75) is 19.9 Å². The average molecular weight is 227 g/mol. The van der Waals surface area contributed by atoms with Crippen molar-refractivity contribution in [3.8, 4) is 11.3 Å². The summed E-state index contributed by atoms with van der Waals surface area (Å²) in [6.45, 7) is 4.09. The van der Waals surface area contributed by atoms with E-state index >= 15 is 0 Å². The van der Waals surface area contributed by atoms with Gasteiger partial charge in [-0.15, -0.1) is 0 Å². The van der Waals surface area contributed by atoms with Gasteiger partial charge in [-0.2, -0.15) is 5.10 Å². The van der Waals surface area contributed by atoms with E-state index in [4.69, 9.17) is 0 Å². The summed E-state index contributed by atoms with van der Waals surface area (Å²) in [5.74, 6) is 0. The molecule has 0 radical (unpaired) electrons. The van der Waals surface area contributed by atoms with Crippen molar-refractivity contribution in [2.24, 2.45) is 7.05 Å². The van der Waals surface area contributed by atoms with E-state index in [1.165, 1.54) is 28.1 Å². The molecule has 1 aliphatic rings. The lowest BCUT2D eigenvalue weighted by molar-refractivity contribution is 0.633. The first-order valence-electron chi connectivity index (χ1n) is 6.08. The minimum Gasteiger partial charge on any atom is -0.312 e. The Morgan fingerprint density at radius 1 is 1.24 bits per heavy atom. The number of nitrogens with zero attached hydrogens (tertiary/aromatic N) is 2. The van der Waals surface area contributed by atoms with Crippen LogP contribution in [0.25, 0.3) is 11.3 Å². The number of nitrogens with one attached hydrogen (secondary N) is 1. The summed E-state index contributed by atoms with van der Waals surface area (Å²) < 4.78 is 2.02. The van der Waals surface area contributed by atoms with Crippen LogP contribution in [0.3, 0.4) is 0 Å². The summed E-state index contributed by atoms with van der Waals surface area (Å²) >= 11 is 0. The first-order valence-corrected chi connectivity index (χ1v) is 6.08. The molecule has 0 saturated carbocycles. The van der Waals surface area contributed by atoms with Crippen LogP contribution in [0.15, 0.2) is 24.3 Å². The van der Waals surface area contributed by atoms with Crippen molar-refractivity contribution >= 4 is 0 Å². The van der Waals surface area contributed by atoms with Crippen LogP contribution >= 0.6 is 0 Å². The fourth-order valence-corrected chi connectivity index (χ4v) is 2.50. The van der Waals surface area contributed by atoms with Gasteiger partial charge in [0.1, 0.15) is 0 Å². The van der Waals surface area contributed by atoms with Gasteiger partial charge in [0.2, 0.25) is 0 Å². The summed E-state index contributed by atoms with van der Waals surface area (Å²) in [5.41, 5.74) is 6.43. The summed E-state index contributed by atoms with van der Waals surface area (Å²) in [4.78, 5) is 0. The predicted molar refractivity (Wildman–Crippen MR) is 68.8 cm³/mol. The maximum absolute atomic E-state index is 4.63. The minimum atomic E-state index is 0.937. The van der Waals surface area contributed by atoms with Gasteiger partial charge in [-0.05, 0) is 6.92 Å². The highest BCUT2D eigenvalue weighted by Gasteiger charge is 2.19. The Morgan fingerprint density at radius 3 is 2.76 bits per heavy atom. The van der Waals surface area contributed by atoms with Crippen LogP contribution in [0.2, 0.25) is 0 Å². The molecule has 1 aromatic carbocycles. The molecule has 0 fully saturated rings. The van der Waals surface area contributed by atoms with E-state index in [0.717, 1.165) is 19.5 Å². The molecule has 1 aromatic heterocycles. The lowest BCUT2D eigenvalue weighted by Gasteiger charge is -2.13. The second kappa shape index (κ2) is 4.00. The van der Waals surface area contributed by atoms with Gasteiger partial charge in [0, 0.05) is 37.7 Å². The molecule has 0 spiro atoms. The lowest BCUT2D eigenvalue weighted by atomic mass is 10.0. The third kappa shape index (κ3) is 1.76. The molecule has 0 saturated heterocycles. The molecule has 3 nitrogen and oxygen atoms in total.